The zero-order valence-corrected chi connectivity index (χ0v) is 16.3. The van der Waals surface area contributed by atoms with Gasteiger partial charge in [-0.3, -0.25) is 10.1 Å². The van der Waals surface area contributed by atoms with Crippen LogP contribution in [-0.2, 0) is 10.0 Å². The fourth-order valence-corrected chi connectivity index (χ4v) is 5.41. The molecular formula is C18H20N2O4S2. The van der Waals surface area contributed by atoms with Gasteiger partial charge >= 0.3 is 0 Å². The number of nitro benzene ring substituents is 1. The third kappa shape index (κ3) is 3.77. The van der Waals surface area contributed by atoms with Gasteiger partial charge in [0, 0.05) is 24.1 Å². The number of aryl methyl sites for hydroxylation is 2. The first-order valence-corrected chi connectivity index (χ1v) is 10.6. The molecule has 26 heavy (non-hydrogen) atoms. The zero-order chi connectivity index (χ0) is 18.9. The monoisotopic (exact) mass is 392 g/mol. The molecule has 0 spiro atoms. The quantitative estimate of drug-likeness (QED) is 0.564. The van der Waals surface area contributed by atoms with Crippen molar-refractivity contribution in [3.8, 4) is 0 Å². The molecule has 2 aromatic rings. The van der Waals surface area contributed by atoms with Crippen molar-refractivity contribution in [1.29, 1.82) is 0 Å². The van der Waals surface area contributed by atoms with Gasteiger partial charge in [0.2, 0.25) is 10.0 Å². The van der Waals surface area contributed by atoms with E-state index in [4.69, 9.17) is 0 Å². The van der Waals surface area contributed by atoms with E-state index < -0.39 is 14.9 Å². The molecule has 2 aromatic carbocycles. The zero-order valence-electron chi connectivity index (χ0n) is 14.6. The van der Waals surface area contributed by atoms with Gasteiger partial charge in [0.25, 0.3) is 5.69 Å². The Bertz CT molecular complexity index is 952. The average molecular weight is 393 g/mol. The van der Waals surface area contributed by atoms with Crippen LogP contribution in [-0.4, -0.2) is 30.7 Å². The first-order valence-electron chi connectivity index (χ1n) is 8.33. The number of nitrogens with zero attached hydrogens (tertiary/aromatic N) is 2. The summed E-state index contributed by atoms with van der Waals surface area (Å²) in [6.07, 6.45) is 1.64. The molecule has 8 heteroatoms. The Morgan fingerprint density at radius 3 is 2.35 bits per heavy atom. The number of nitro groups is 1. The Hall–Kier alpha value is -1.90. The second-order valence-electron chi connectivity index (χ2n) is 6.35. The summed E-state index contributed by atoms with van der Waals surface area (Å²) in [7, 11) is -3.68. The SMILES string of the molecule is Cc1ccc(Sc2ccc(S(=O)(=O)N3CCCC3)cc2[N+](=O)[O-])cc1C. The van der Waals surface area contributed by atoms with Gasteiger partial charge in [-0.05, 0) is 62.1 Å². The van der Waals surface area contributed by atoms with Crippen molar-refractivity contribution in [2.24, 2.45) is 0 Å². The minimum Gasteiger partial charge on any atom is -0.258 e. The Morgan fingerprint density at radius 1 is 1.04 bits per heavy atom. The smallest absolute Gasteiger partial charge is 0.258 e. The normalized spacial score (nSPS) is 15.3. The van der Waals surface area contributed by atoms with E-state index in [1.165, 1.54) is 34.3 Å². The summed E-state index contributed by atoms with van der Waals surface area (Å²) in [5.41, 5.74) is 2.07. The van der Waals surface area contributed by atoms with Crippen LogP contribution in [0.25, 0.3) is 0 Å². The summed E-state index contributed by atoms with van der Waals surface area (Å²) in [5.74, 6) is 0. The van der Waals surface area contributed by atoms with Crippen LogP contribution < -0.4 is 0 Å². The minimum atomic E-state index is -3.68. The molecule has 0 bridgehead atoms. The van der Waals surface area contributed by atoms with Crippen molar-refractivity contribution in [1.82, 2.24) is 4.31 Å². The maximum Gasteiger partial charge on any atom is 0.284 e. The summed E-state index contributed by atoms with van der Waals surface area (Å²) >= 11 is 1.27. The van der Waals surface area contributed by atoms with Crippen LogP contribution in [0, 0.1) is 24.0 Å². The first-order chi connectivity index (χ1) is 12.3. The summed E-state index contributed by atoms with van der Waals surface area (Å²) in [6.45, 7) is 4.92. The van der Waals surface area contributed by atoms with E-state index >= 15 is 0 Å². The molecule has 0 N–H and O–H groups in total. The third-order valence-corrected chi connectivity index (χ3v) is 7.49. The second kappa shape index (κ2) is 7.38. The van der Waals surface area contributed by atoms with Crippen molar-refractivity contribution in [2.45, 2.75) is 41.4 Å². The molecule has 1 heterocycles. The molecule has 1 aliphatic rings. The molecule has 0 amide bonds. The lowest BCUT2D eigenvalue weighted by atomic mass is 10.1. The molecule has 0 aliphatic carbocycles. The van der Waals surface area contributed by atoms with E-state index in [2.05, 4.69) is 0 Å². The molecule has 0 unspecified atom stereocenters. The van der Waals surface area contributed by atoms with Crippen LogP contribution in [0.3, 0.4) is 0 Å². The molecule has 0 aromatic heterocycles. The summed E-state index contributed by atoms with van der Waals surface area (Å²) in [5, 5.41) is 11.5. The molecule has 3 rings (SSSR count). The predicted octanol–water partition coefficient (Wildman–Crippen LogP) is 4.15. The van der Waals surface area contributed by atoms with Gasteiger partial charge in [0.15, 0.2) is 0 Å². The highest BCUT2D eigenvalue weighted by atomic mass is 32.2. The van der Waals surface area contributed by atoms with Crippen LogP contribution in [0.1, 0.15) is 24.0 Å². The van der Waals surface area contributed by atoms with E-state index in [0.717, 1.165) is 28.9 Å². The van der Waals surface area contributed by atoms with Crippen LogP contribution in [0.2, 0.25) is 0 Å². The lowest BCUT2D eigenvalue weighted by Crippen LogP contribution is -2.27. The maximum atomic E-state index is 12.7. The fourth-order valence-electron chi connectivity index (χ4n) is 2.87. The van der Waals surface area contributed by atoms with Gasteiger partial charge in [0.05, 0.1) is 14.7 Å². The van der Waals surface area contributed by atoms with E-state index in [-0.39, 0.29) is 10.6 Å². The highest BCUT2D eigenvalue weighted by molar-refractivity contribution is 7.99. The highest BCUT2D eigenvalue weighted by Crippen LogP contribution is 2.37. The number of hydrogen-bond acceptors (Lipinski definition) is 5. The van der Waals surface area contributed by atoms with Crippen molar-refractivity contribution in [3.63, 3.8) is 0 Å². The maximum absolute atomic E-state index is 12.7. The van der Waals surface area contributed by atoms with Gasteiger partial charge < -0.3 is 0 Å². The van der Waals surface area contributed by atoms with Crippen LogP contribution in [0.4, 0.5) is 5.69 Å². The first kappa shape index (κ1) is 18.9. The Kier molecular flexibility index (Phi) is 5.36. The molecule has 1 aliphatic heterocycles. The molecular weight excluding hydrogens is 372 g/mol. The van der Waals surface area contributed by atoms with Gasteiger partial charge in [0.1, 0.15) is 0 Å². The number of benzene rings is 2. The van der Waals surface area contributed by atoms with Crippen LogP contribution in [0.15, 0.2) is 51.1 Å². The summed E-state index contributed by atoms with van der Waals surface area (Å²) < 4.78 is 26.7. The third-order valence-electron chi connectivity index (χ3n) is 4.54. The van der Waals surface area contributed by atoms with Crippen molar-refractivity contribution in [2.75, 3.05) is 13.1 Å². The summed E-state index contributed by atoms with van der Waals surface area (Å²) in [6, 6.07) is 10.0. The molecule has 0 atom stereocenters. The lowest BCUT2D eigenvalue weighted by molar-refractivity contribution is -0.388. The van der Waals surface area contributed by atoms with E-state index in [9.17, 15) is 18.5 Å². The Labute approximate surface area is 157 Å². The lowest BCUT2D eigenvalue weighted by Gasteiger charge is -2.15. The number of rotatable bonds is 5. The molecule has 1 saturated heterocycles. The minimum absolute atomic E-state index is 0.0180. The van der Waals surface area contributed by atoms with Crippen molar-refractivity contribution < 1.29 is 13.3 Å². The van der Waals surface area contributed by atoms with Crippen molar-refractivity contribution >= 4 is 27.5 Å². The Balaban J connectivity index is 1.97. The van der Waals surface area contributed by atoms with Gasteiger partial charge in [-0.15, -0.1) is 0 Å². The predicted molar refractivity (Wildman–Crippen MR) is 101 cm³/mol. The topological polar surface area (TPSA) is 80.5 Å². The van der Waals surface area contributed by atoms with E-state index in [0.29, 0.717) is 18.0 Å². The number of hydrogen-bond donors (Lipinski definition) is 0. The average Bonchev–Trinajstić information content (AvgIpc) is 3.13. The van der Waals surface area contributed by atoms with Crippen molar-refractivity contribution in [3.05, 3.63) is 57.6 Å². The highest BCUT2D eigenvalue weighted by Gasteiger charge is 2.29. The standard InChI is InChI=1S/C18H20N2O4S2/c1-13-5-6-15(11-14(13)2)25-18-8-7-16(12-17(18)20(21)22)26(23,24)19-9-3-4-10-19/h5-8,11-12H,3-4,9-10H2,1-2H3. The molecule has 138 valence electrons. The second-order valence-corrected chi connectivity index (χ2v) is 9.40. The molecule has 0 radical (unpaired) electrons. The van der Waals surface area contributed by atoms with E-state index in [1.807, 2.05) is 32.0 Å². The molecule has 6 nitrogen and oxygen atoms in total. The molecule has 0 saturated carbocycles. The van der Waals surface area contributed by atoms with E-state index in [1.54, 1.807) is 0 Å². The summed E-state index contributed by atoms with van der Waals surface area (Å²) in [4.78, 5) is 12.3. The fraction of sp³-hybridized carbons (Fsp3) is 0.333. The van der Waals surface area contributed by atoms with Crippen LogP contribution in [0.5, 0.6) is 0 Å². The number of sulfonamides is 1. The van der Waals surface area contributed by atoms with Gasteiger partial charge in [-0.25, -0.2) is 8.42 Å². The molecule has 1 fully saturated rings. The Morgan fingerprint density at radius 2 is 1.73 bits per heavy atom. The van der Waals surface area contributed by atoms with Gasteiger partial charge in [-0.2, -0.15) is 4.31 Å². The van der Waals surface area contributed by atoms with Crippen LogP contribution >= 0.6 is 11.8 Å². The van der Waals surface area contributed by atoms with Gasteiger partial charge in [-0.1, -0.05) is 17.8 Å². The largest absolute Gasteiger partial charge is 0.284 e.